The summed E-state index contributed by atoms with van der Waals surface area (Å²) in [7, 11) is -0.750. The van der Waals surface area contributed by atoms with Crippen molar-refractivity contribution in [3.05, 3.63) is 24.5 Å². The fraction of sp³-hybridized carbons (Fsp3) is 0. The summed E-state index contributed by atoms with van der Waals surface area (Å²) < 4.78 is 0. The van der Waals surface area contributed by atoms with Crippen LogP contribution in [0.3, 0.4) is 0 Å². The molecular weight excluding hydrogens is 131 g/mol. The second-order valence-electron chi connectivity index (χ2n) is 1.42. The van der Waals surface area contributed by atoms with E-state index in [1.807, 2.05) is 0 Å². The molecule has 0 radical (unpaired) electrons. The van der Waals surface area contributed by atoms with Crippen LogP contribution >= 0.6 is 0 Å². The van der Waals surface area contributed by atoms with Gasteiger partial charge in [-0.1, -0.05) is 0 Å². The molecule has 0 amide bonds. The summed E-state index contributed by atoms with van der Waals surface area (Å²) in [6.07, 6.45) is 3.32. The van der Waals surface area contributed by atoms with Crippen molar-refractivity contribution in [2.45, 2.75) is 0 Å². The second-order valence-corrected chi connectivity index (χ2v) is 1.42. The van der Waals surface area contributed by atoms with Crippen molar-refractivity contribution < 1.29 is 10.0 Å². The highest BCUT2D eigenvalue weighted by atomic mass is 16.4. The van der Waals surface area contributed by atoms with Crippen LogP contribution in [0.25, 0.3) is 0 Å². The van der Waals surface area contributed by atoms with Gasteiger partial charge in [0.15, 0.2) is 0 Å². The molecule has 5 heteroatoms. The van der Waals surface area contributed by atoms with E-state index in [-0.39, 0.29) is 0 Å². The standard InChI is InChI=1S/C5H6N2.BH3O2/c6-5-1-3-7-4-2-5;2-1-3/h1-4H,(H2,6,7);1-3H. The third-order valence-corrected chi connectivity index (χ3v) is 0.706. The van der Waals surface area contributed by atoms with Crippen LogP contribution in [-0.2, 0) is 0 Å². The van der Waals surface area contributed by atoms with Crippen LogP contribution in [0.15, 0.2) is 24.5 Å². The van der Waals surface area contributed by atoms with Crippen molar-refractivity contribution in [1.82, 2.24) is 4.98 Å². The number of nitrogens with zero attached hydrogens (tertiary/aromatic N) is 1. The van der Waals surface area contributed by atoms with Gasteiger partial charge in [0.1, 0.15) is 0 Å². The Morgan fingerprint density at radius 1 is 1.30 bits per heavy atom. The maximum Gasteiger partial charge on any atom is 0.432 e. The van der Waals surface area contributed by atoms with Crippen molar-refractivity contribution in [3.63, 3.8) is 0 Å². The molecule has 1 aromatic rings. The van der Waals surface area contributed by atoms with Crippen LogP contribution in [0.4, 0.5) is 5.69 Å². The number of aromatic nitrogens is 1. The molecule has 4 nitrogen and oxygen atoms in total. The topological polar surface area (TPSA) is 79.4 Å². The van der Waals surface area contributed by atoms with Gasteiger partial charge in [0, 0.05) is 18.1 Å². The van der Waals surface area contributed by atoms with Gasteiger partial charge >= 0.3 is 7.69 Å². The van der Waals surface area contributed by atoms with Gasteiger partial charge in [-0.3, -0.25) is 4.98 Å². The number of nitrogen functional groups attached to an aromatic ring is 1. The third kappa shape index (κ3) is 5.08. The van der Waals surface area contributed by atoms with Crippen LogP contribution in [0.1, 0.15) is 0 Å². The normalized spacial score (nSPS) is 7.40. The van der Waals surface area contributed by atoms with E-state index in [9.17, 15) is 0 Å². The quantitative estimate of drug-likeness (QED) is 0.399. The Morgan fingerprint density at radius 3 is 1.90 bits per heavy atom. The van der Waals surface area contributed by atoms with Gasteiger partial charge < -0.3 is 15.8 Å². The number of nitrogens with two attached hydrogens (primary N) is 1. The van der Waals surface area contributed by atoms with E-state index >= 15 is 0 Å². The van der Waals surface area contributed by atoms with Gasteiger partial charge in [0.25, 0.3) is 0 Å². The number of hydrogen-bond donors (Lipinski definition) is 3. The molecule has 0 aliphatic rings. The summed E-state index contributed by atoms with van der Waals surface area (Å²) in [6, 6.07) is 3.50. The molecule has 1 rings (SSSR count). The van der Waals surface area contributed by atoms with E-state index in [1.54, 1.807) is 24.5 Å². The highest BCUT2D eigenvalue weighted by molar-refractivity contribution is 6.13. The van der Waals surface area contributed by atoms with E-state index in [0.717, 1.165) is 5.69 Å². The van der Waals surface area contributed by atoms with Crippen LogP contribution < -0.4 is 5.73 Å². The van der Waals surface area contributed by atoms with Crippen molar-refractivity contribution in [1.29, 1.82) is 0 Å². The van der Waals surface area contributed by atoms with Gasteiger partial charge in [0.05, 0.1) is 0 Å². The highest BCUT2D eigenvalue weighted by Gasteiger charge is 1.73. The Morgan fingerprint density at radius 2 is 1.70 bits per heavy atom. The Kier molecular flexibility index (Phi) is 5.42. The average Bonchev–Trinajstić information content (AvgIpc) is 1.91. The molecule has 10 heavy (non-hydrogen) atoms. The maximum atomic E-state index is 7.12. The smallest absolute Gasteiger partial charge is 0.430 e. The first kappa shape index (κ1) is 8.93. The van der Waals surface area contributed by atoms with E-state index in [1.165, 1.54) is 0 Å². The number of pyridine rings is 1. The minimum absolute atomic E-state index is 0.750. The van der Waals surface area contributed by atoms with Crippen molar-refractivity contribution >= 4 is 13.4 Å². The molecule has 0 unspecified atom stereocenters. The molecule has 0 aliphatic heterocycles. The van der Waals surface area contributed by atoms with Crippen LogP contribution in [-0.4, -0.2) is 22.7 Å². The zero-order chi connectivity index (χ0) is 7.82. The van der Waals surface area contributed by atoms with Crippen LogP contribution in [0, 0.1) is 0 Å². The summed E-state index contributed by atoms with van der Waals surface area (Å²) in [6.45, 7) is 0. The predicted octanol–water partition coefficient (Wildman–Crippen LogP) is -1.10. The van der Waals surface area contributed by atoms with Gasteiger partial charge in [-0.15, -0.1) is 0 Å². The molecule has 0 fully saturated rings. The molecular formula is C5H9BN2O2. The maximum absolute atomic E-state index is 7.12. The average molecular weight is 140 g/mol. The number of hydrogen-bond acceptors (Lipinski definition) is 4. The molecule has 1 heterocycles. The first-order chi connectivity index (χ1) is 4.81. The van der Waals surface area contributed by atoms with E-state index in [0.29, 0.717) is 0 Å². The first-order valence-electron chi connectivity index (χ1n) is 2.68. The zero-order valence-corrected chi connectivity index (χ0v) is 5.44. The molecule has 0 aliphatic carbocycles. The third-order valence-electron chi connectivity index (χ3n) is 0.706. The van der Waals surface area contributed by atoms with Crippen molar-refractivity contribution in [2.75, 3.05) is 5.73 Å². The lowest BCUT2D eigenvalue weighted by atomic mass is 10.4. The van der Waals surface area contributed by atoms with E-state index < -0.39 is 7.69 Å². The molecule has 54 valence electrons. The summed E-state index contributed by atoms with van der Waals surface area (Å²) in [5, 5.41) is 14.2. The molecule has 0 saturated heterocycles. The summed E-state index contributed by atoms with van der Waals surface area (Å²) in [5.74, 6) is 0. The lowest BCUT2D eigenvalue weighted by molar-refractivity contribution is 0.448. The Balaban J connectivity index is 0.000000236. The summed E-state index contributed by atoms with van der Waals surface area (Å²) in [4.78, 5) is 3.77. The van der Waals surface area contributed by atoms with E-state index in [2.05, 4.69) is 4.98 Å². The van der Waals surface area contributed by atoms with Gasteiger partial charge in [-0.05, 0) is 12.1 Å². The number of anilines is 1. The van der Waals surface area contributed by atoms with Crippen molar-refractivity contribution in [3.8, 4) is 0 Å². The summed E-state index contributed by atoms with van der Waals surface area (Å²) in [5.41, 5.74) is 6.08. The van der Waals surface area contributed by atoms with Crippen LogP contribution in [0.5, 0.6) is 0 Å². The van der Waals surface area contributed by atoms with E-state index in [4.69, 9.17) is 15.8 Å². The second kappa shape index (κ2) is 6.06. The molecule has 0 spiro atoms. The van der Waals surface area contributed by atoms with Gasteiger partial charge in [0.2, 0.25) is 0 Å². The fourth-order valence-electron chi connectivity index (χ4n) is 0.363. The largest absolute Gasteiger partial charge is 0.432 e. The molecule has 1 aromatic heterocycles. The molecule has 4 N–H and O–H groups in total. The predicted molar refractivity (Wildman–Crippen MR) is 40.2 cm³/mol. The Hall–Kier alpha value is -1.07. The lowest BCUT2D eigenvalue weighted by Gasteiger charge is -1.83. The molecule has 0 saturated carbocycles. The van der Waals surface area contributed by atoms with Gasteiger partial charge in [-0.2, -0.15) is 0 Å². The minimum atomic E-state index is -0.750. The number of rotatable bonds is 0. The van der Waals surface area contributed by atoms with Crippen molar-refractivity contribution in [2.24, 2.45) is 0 Å². The monoisotopic (exact) mass is 140 g/mol. The van der Waals surface area contributed by atoms with Gasteiger partial charge in [-0.25, -0.2) is 0 Å². The molecule has 0 aromatic carbocycles. The minimum Gasteiger partial charge on any atom is -0.430 e. The molecule has 0 atom stereocenters. The Labute approximate surface area is 59.6 Å². The molecule has 0 bridgehead atoms. The first-order valence-corrected chi connectivity index (χ1v) is 2.68. The van der Waals surface area contributed by atoms with Crippen LogP contribution in [0.2, 0.25) is 0 Å². The lowest BCUT2D eigenvalue weighted by Crippen LogP contribution is -1.81. The Bertz CT molecular complexity index is 159. The SMILES string of the molecule is Nc1ccncc1.OBO. The summed E-state index contributed by atoms with van der Waals surface area (Å²) >= 11 is 0. The zero-order valence-electron chi connectivity index (χ0n) is 5.44. The highest BCUT2D eigenvalue weighted by Crippen LogP contribution is 1.92. The fourth-order valence-corrected chi connectivity index (χ4v) is 0.363.